The van der Waals surface area contributed by atoms with Crippen molar-refractivity contribution in [2.24, 2.45) is 11.3 Å². The predicted molar refractivity (Wildman–Crippen MR) is 173 cm³/mol. The minimum Gasteiger partial charge on any atom is -0.450 e. The van der Waals surface area contributed by atoms with E-state index in [1.165, 1.54) is 0 Å². The molecule has 1 fully saturated rings. The van der Waals surface area contributed by atoms with E-state index in [0.717, 1.165) is 11.1 Å². The molecule has 4 aromatic carbocycles. The van der Waals surface area contributed by atoms with Crippen molar-refractivity contribution in [1.82, 2.24) is 9.97 Å². The van der Waals surface area contributed by atoms with Gasteiger partial charge in [-0.15, -0.1) is 0 Å². The van der Waals surface area contributed by atoms with Crippen LogP contribution in [0.4, 0.5) is 0 Å². The van der Waals surface area contributed by atoms with Gasteiger partial charge in [0.05, 0.1) is 16.8 Å². The lowest BCUT2D eigenvalue weighted by molar-refractivity contribution is -0.153. The molecule has 8 heteroatoms. The molecule has 2 heterocycles. The summed E-state index contributed by atoms with van der Waals surface area (Å²) in [6.07, 6.45) is 0.521. The quantitative estimate of drug-likeness (QED) is 0.146. The number of H-pyrrole nitrogens is 1. The van der Waals surface area contributed by atoms with Crippen LogP contribution in [0.25, 0.3) is 11.0 Å². The first-order valence-corrected chi connectivity index (χ1v) is 16.7. The number of imidazole rings is 1. The molecule has 0 amide bonds. The molecule has 7 nitrogen and oxygen atoms in total. The highest BCUT2D eigenvalue weighted by Gasteiger charge is 2.59. The molecule has 0 bridgehead atoms. The number of para-hydroxylation sites is 2. The SMILES string of the molecule is CC(C)(C)C(c1cccc(CS(=O)(=O)c2nc3ccccc3[nH]2)c1)C1C(=O)OC(Cc2ccccc2)(Cc2ccccc2)C1=O. The number of carbonyl (C=O) groups excluding carboxylic acids is 2. The normalized spacial score (nSPS) is 17.4. The Morgan fingerprint density at radius 3 is 1.98 bits per heavy atom. The zero-order chi connectivity index (χ0) is 31.8. The van der Waals surface area contributed by atoms with E-state index < -0.39 is 38.7 Å². The van der Waals surface area contributed by atoms with Crippen LogP contribution in [0.5, 0.6) is 0 Å². The van der Waals surface area contributed by atoms with E-state index in [1.54, 1.807) is 36.4 Å². The number of Topliss-reactive ketones (excluding diaryl/α,β-unsaturated/α-hetero) is 1. The number of nitrogens with one attached hydrogen (secondary N) is 1. The van der Waals surface area contributed by atoms with Gasteiger partial charge in [0, 0.05) is 18.8 Å². The lowest BCUT2D eigenvalue weighted by Crippen LogP contribution is -2.44. The summed E-state index contributed by atoms with van der Waals surface area (Å²) < 4.78 is 33.0. The summed E-state index contributed by atoms with van der Waals surface area (Å²) in [7, 11) is -3.81. The molecule has 0 radical (unpaired) electrons. The first-order chi connectivity index (χ1) is 21.5. The van der Waals surface area contributed by atoms with Gasteiger partial charge < -0.3 is 9.72 Å². The van der Waals surface area contributed by atoms with E-state index in [9.17, 15) is 18.0 Å². The number of nitrogens with zero attached hydrogens (tertiary/aromatic N) is 1. The highest BCUT2D eigenvalue weighted by atomic mass is 32.2. The van der Waals surface area contributed by atoms with Crippen LogP contribution < -0.4 is 0 Å². The summed E-state index contributed by atoms with van der Waals surface area (Å²) in [6.45, 7) is 5.97. The lowest BCUT2D eigenvalue weighted by Gasteiger charge is -2.34. The fourth-order valence-corrected chi connectivity index (χ4v) is 7.84. The van der Waals surface area contributed by atoms with Gasteiger partial charge in [-0.1, -0.05) is 118 Å². The van der Waals surface area contributed by atoms with E-state index in [2.05, 4.69) is 9.97 Å². The number of ether oxygens (including phenoxy) is 1. The second-order valence-corrected chi connectivity index (χ2v) is 14.9. The minimum absolute atomic E-state index is 0.0948. The zero-order valence-corrected chi connectivity index (χ0v) is 26.4. The third-order valence-electron chi connectivity index (χ3n) is 8.54. The van der Waals surface area contributed by atoms with Crippen molar-refractivity contribution < 1.29 is 22.7 Å². The van der Waals surface area contributed by atoms with Gasteiger partial charge >= 0.3 is 5.97 Å². The average molecular weight is 621 g/mol. The largest absolute Gasteiger partial charge is 0.450 e. The Bertz CT molecular complexity index is 1890. The third kappa shape index (κ3) is 6.20. The van der Waals surface area contributed by atoms with Crippen LogP contribution in [0.1, 0.15) is 48.9 Å². The summed E-state index contributed by atoms with van der Waals surface area (Å²) in [5, 5.41) is -0.0948. The van der Waals surface area contributed by atoms with Crippen LogP contribution in [-0.2, 0) is 42.8 Å². The van der Waals surface area contributed by atoms with E-state index in [0.29, 0.717) is 22.2 Å². The third-order valence-corrected chi connectivity index (χ3v) is 10.0. The van der Waals surface area contributed by atoms with E-state index >= 15 is 0 Å². The molecular formula is C37H36N2O5S. The van der Waals surface area contributed by atoms with Crippen LogP contribution in [-0.4, -0.2) is 35.7 Å². The minimum atomic E-state index is -3.81. The van der Waals surface area contributed by atoms with E-state index in [-0.39, 0.29) is 29.5 Å². The predicted octanol–water partition coefficient (Wildman–Crippen LogP) is 6.63. The second kappa shape index (κ2) is 11.7. The van der Waals surface area contributed by atoms with Crippen molar-refractivity contribution >= 4 is 32.6 Å². The highest BCUT2D eigenvalue weighted by molar-refractivity contribution is 7.90. The molecule has 230 valence electrons. The number of esters is 1. The zero-order valence-electron chi connectivity index (χ0n) is 25.6. The summed E-state index contributed by atoms with van der Waals surface area (Å²) in [4.78, 5) is 35.7. The highest BCUT2D eigenvalue weighted by Crippen LogP contribution is 2.48. The lowest BCUT2D eigenvalue weighted by atomic mass is 9.66. The first-order valence-electron chi connectivity index (χ1n) is 15.1. The molecular weight excluding hydrogens is 584 g/mol. The van der Waals surface area contributed by atoms with Crippen molar-refractivity contribution in [3.05, 3.63) is 131 Å². The Morgan fingerprint density at radius 2 is 1.38 bits per heavy atom. The molecule has 5 aromatic rings. The molecule has 0 spiro atoms. The van der Waals surface area contributed by atoms with Gasteiger partial charge in [-0.05, 0) is 39.8 Å². The number of aromatic nitrogens is 2. The van der Waals surface area contributed by atoms with Crippen LogP contribution in [0.15, 0.2) is 114 Å². The molecule has 1 aromatic heterocycles. The Morgan fingerprint density at radius 1 is 0.800 bits per heavy atom. The Labute approximate surface area is 263 Å². The second-order valence-electron chi connectivity index (χ2n) is 13.0. The summed E-state index contributed by atoms with van der Waals surface area (Å²) in [5.74, 6) is -2.70. The summed E-state index contributed by atoms with van der Waals surface area (Å²) in [6, 6.07) is 33.6. The maximum Gasteiger partial charge on any atom is 0.318 e. The number of rotatable bonds is 9. The average Bonchev–Trinajstić information content (AvgIpc) is 3.54. The molecule has 2 atom stereocenters. The smallest absolute Gasteiger partial charge is 0.318 e. The van der Waals surface area contributed by atoms with Crippen LogP contribution in [0.3, 0.4) is 0 Å². The molecule has 2 unspecified atom stereocenters. The molecule has 1 N–H and O–H groups in total. The first kappa shape index (κ1) is 30.5. The molecule has 0 saturated carbocycles. The van der Waals surface area contributed by atoms with Gasteiger partial charge in [-0.3, -0.25) is 9.59 Å². The van der Waals surface area contributed by atoms with Gasteiger partial charge in [0.15, 0.2) is 11.4 Å². The number of aromatic amines is 1. The Hall–Kier alpha value is -4.56. The van der Waals surface area contributed by atoms with Crippen LogP contribution >= 0.6 is 0 Å². The van der Waals surface area contributed by atoms with Gasteiger partial charge in [0.2, 0.25) is 15.0 Å². The maximum absolute atomic E-state index is 14.6. The number of fused-ring (bicyclic) bond motifs is 1. The van der Waals surface area contributed by atoms with Crippen molar-refractivity contribution in [2.45, 2.75) is 56.0 Å². The molecule has 6 rings (SSSR count). The molecule has 1 aliphatic rings. The fraction of sp³-hybridized carbons (Fsp3) is 0.270. The standard InChI is InChI=1S/C37H36N2O5S/c1-36(2,3)32(28-18-12-17-27(21-28)24-45(42,43)35-38-29-19-10-11-20-30(29)39-35)31-33(40)37(44-34(31)41,22-25-13-6-4-7-14-25)23-26-15-8-5-9-16-26/h4-21,31-32H,22-24H2,1-3H3,(H,38,39). The number of sulfone groups is 1. The monoisotopic (exact) mass is 620 g/mol. The summed E-state index contributed by atoms with van der Waals surface area (Å²) >= 11 is 0. The molecule has 45 heavy (non-hydrogen) atoms. The van der Waals surface area contributed by atoms with Crippen molar-refractivity contribution in [2.75, 3.05) is 0 Å². The van der Waals surface area contributed by atoms with E-state index in [1.807, 2.05) is 93.6 Å². The van der Waals surface area contributed by atoms with Crippen LogP contribution in [0.2, 0.25) is 0 Å². The number of carbonyl (C=O) groups is 2. The number of hydrogen-bond donors (Lipinski definition) is 1. The van der Waals surface area contributed by atoms with Gasteiger partial charge in [0.25, 0.3) is 0 Å². The van der Waals surface area contributed by atoms with Crippen molar-refractivity contribution in [3.8, 4) is 0 Å². The number of cyclic esters (lactones) is 1. The topological polar surface area (TPSA) is 106 Å². The van der Waals surface area contributed by atoms with Gasteiger partial charge in [-0.25, -0.2) is 13.4 Å². The fourth-order valence-electron chi connectivity index (χ4n) is 6.58. The van der Waals surface area contributed by atoms with Gasteiger partial charge in [-0.2, -0.15) is 0 Å². The molecule has 1 saturated heterocycles. The van der Waals surface area contributed by atoms with E-state index in [4.69, 9.17) is 4.74 Å². The maximum atomic E-state index is 14.6. The number of ketones is 1. The number of hydrogen-bond acceptors (Lipinski definition) is 6. The van der Waals surface area contributed by atoms with Crippen molar-refractivity contribution in [1.29, 1.82) is 0 Å². The Kier molecular flexibility index (Phi) is 7.95. The van der Waals surface area contributed by atoms with Gasteiger partial charge in [0.1, 0.15) is 5.92 Å². The summed E-state index contributed by atoms with van der Waals surface area (Å²) in [5.41, 5.74) is 2.38. The number of benzene rings is 4. The van der Waals surface area contributed by atoms with Crippen molar-refractivity contribution in [3.63, 3.8) is 0 Å². The molecule has 0 aliphatic carbocycles. The Balaban J connectivity index is 1.35. The molecule has 1 aliphatic heterocycles. The van der Waals surface area contributed by atoms with Crippen LogP contribution in [0, 0.1) is 11.3 Å².